The summed E-state index contributed by atoms with van der Waals surface area (Å²) < 4.78 is 0. The molecule has 3 nitrogen and oxygen atoms in total. The van der Waals surface area contributed by atoms with E-state index in [0.717, 1.165) is 16.7 Å². The van der Waals surface area contributed by atoms with Crippen LogP contribution in [0.3, 0.4) is 0 Å². The van der Waals surface area contributed by atoms with Crippen molar-refractivity contribution in [1.82, 2.24) is 5.32 Å². The molecular weight excluding hydrogens is 310 g/mol. The molecule has 1 N–H and O–H groups in total. The Kier molecular flexibility index (Phi) is 3.04. The lowest BCUT2D eigenvalue weighted by Crippen LogP contribution is -2.26. The van der Waals surface area contributed by atoms with Gasteiger partial charge < -0.3 is 0 Å². The summed E-state index contributed by atoms with van der Waals surface area (Å²) in [7, 11) is 0. The van der Waals surface area contributed by atoms with E-state index in [1.54, 1.807) is 0 Å². The van der Waals surface area contributed by atoms with Crippen LogP contribution in [-0.4, -0.2) is 11.8 Å². The molecular formula is C22H17NO2. The summed E-state index contributed by atoms with van der Waals surface area (Å²) in [5.41, 5.74) is 4.65. The molecule has 1 saturated carbocycles. The van der Waals surface area contributed by atoms with Crippen LogP contribution in [0.4, 0.5) is 0 Å². The van der Waals surface area contributed by atoms with E-state index < -0.39 is 0 Å². The van der Waals surface area contributed by atoms with Gasteiger partial charge in [-0.2, -0.15) is 0 Å². The average Bonchev–Trinajstić information content (AvgIpc) is 3.29. The number of imide groups is 1. The summed E-state index contributed by atoms with van der Waals surface area (Å²) in [6.07, 6.45) is 4.23. The van der Waals surface area contributed by atoms with Crippen LogP contribution in [-0.2, 0) is 9.59 Å². The highest BCUT2D eigenvalue weighted by molar-refractivity contribution is 6.08. The summed E-state index contributed by atoms with van der Waals surface area (Å²) in [5, 5.41) is 2.52. The van der Waals surface area contributed by atoms with Crippen LogP contribution in [0.1, 0.15) is 11.1 Å². The normalized spacial score (nSPS) is 29.0. The number of amides is 2. The molecule has 1 aliphatic heterocycles. The minimum Gasteiger partial charge on any atom is -0.296 e. The zero-order chi connectivity index (χ0) is 17.0. The molecule has 2 amide bonds. The minimum atomic E-state index is -0.250. The zero-order valence-corrected chi connectivity index (χ0v) is 13.6. The highest BCUT2D eigenvalue weighted by Gasteiger charge is 2.59. The fraction of sp³-hybridized carbons (Fsp3) is 0.182. The van der Waals surface area contributed by atoms with Gasteiger partial charge in [-0.25, -0.2) is 0 Å². The smallest absolute Gasteiger partial charge is 0.231 e. The van der Waals surface area contributed by atoms with Gasteiger partial charge in [-0.05, 0) is 22.3 Å². The van der Waals surface area contributed by atoms with Gasteiger partial charge in [-0.15, -0.1) is 0 Å². The number of allylic oxidation sites excluding steroid dienone is 3. The molecule has 2 aromatic carbocycles. The fourth-order valence-corrected chi connectivity index (χ4v) is 4.73. The van der Waals surface area contributed by atoms with E-state index >= 15 is 0 Å². The number of rotatable bonds is 2. The third-order valence-electron chi connectivity index (χ3n) is 5.67. The molecule has 3 aliphatic rings. The van der Waals surface area contributed by atoms with Crippen LogP contribution in [0.5, 0.6) is 0 Å². The number of hydrogen-bond acceptors (Lipinski definition) is 2. The largest absolute Gasteiger partial charge is 0.296 e. The van der Waals surface area contributed by atoms with Crippen LogP contribution in [0.25, 0.3) is 5.57 Å². The average molecular weight is 327 g/mol. The molecule has 2 aliphatic carbocycles. The Bertz CT molecular complexity index is 854. The van der Waals surface area contributed by atoms with Crippen molar-refractivity contribution in [2.24, 2.45) is 23.7 Å². The van der Waals surface area contributed by atoms with E-state index in [4.69, 9.17) is 0 Å². The lowest BCUT2D eigenvalue weighted by atomic mass is 9.85. The quantitative estimate of drug-likeness (QED) is 0.680. The molecule has 0 radical (unpaired) electrons. The molecule has 0 spiro atoms. The Labute approximate surface area is 146 Å². The Morgan fingerprint density at radius 1 is 0.680 bits per heavy atom. The second kappa shape index (κ2) is 5.28. The SMILES string of the molecule is O=C1NC(=O)[C@H]2[C@@H]1[C@@H]1C=C[C@@H]2C1=C(c1ccccc1)c1ccccc1. The van der Waals surface area contributed by atoms with Gasteiger partial charge in [0.05, 0.1) is 11.8 Å². The monoisotopic (exact) mass is 327 g/mol. The molecule has 0 unspecified atom stereocenters. The van der Waals surface area contributed by atoms with Gasteiger partial charge in [-0.1, -0.05) is 72.8 Å². The first kappa shape index (κ1) is 14.4. The molecule has 2 bridgehead atoms. The highest BCUT2D eigenvalue weighted by Crippen LogP contribution is 2.56. The first-order chi connectivity index (χ1) is 12.3. The van der Waals surface area contributed by atoms with Gasteiger partial charge in [0.25, 0.3) is 0 Å². The predicted molar refractivity (Wildman–Crippen MR) is 95.2 cm³/mol. The van der Waals surface area contributed by atoms with E-state index in [-0.39, 0.29) is 35.5 Å². The van der Waals surface area contributed by atoms with Crippen LogP contribution in [0, 0.1) is 23.7 Å². The molecule has 3 heteroatoms. The number of benzene rings is 2. The maximum Gasteiger partial charge on any atom is 0.231 e. The van der Waals surface area contributed by atoms with Crippen LogP contribution in [0.15, 0.2) is 78.4 Å². The zero-order valence-electron chi connectivity index (χ0n) is 13.6. The molecule has 122 valence electrons. The Hall–Kier alpha value is -2.94. The van der Waals surface area contributed by atoms with Gasteiger partial charge in [0.1, 0.15) is 0 Å². The lowest BCUT2D eigenvalue weighted by molar-refractivity contribution is -0.126. The van der Waals surface area contributed by atoms with Gasteiger partial charge in [0, 0.05) is 11.8 Å². The summed E-state index contributed by atoms with van der Waals surface area (Å²) in [6.45, 7) is 0. The van der Waals surface area contributed by atoms with E-state index in [1.807, 2.05) is 36.4 Å². The fourth-order valence-electron chi connectivity index (χ4n) is 4.73. The molecule has 0 aromatic heterocycles. The van der Waals surface area contributed by atoms with Crippen molar-refractivity contribution < 1.29 is 9.59 Å². The number of carbonyl (C=O) groups is 2. The van der Waals surface area contributed by atoms with E-state index in [1.165, 1.54) is 5.57 Å². The summed E-state index contributed by atoms with van der Waals surface area (Å²) in [4.78, 5) is 24.6. The van der Waals surface area contributed by atoms with E-state index in [9.17, 15) is 9.59 Å². The summed E-state index contributed by atoms with van der Waals surface area (Å²) in [6, 6.07) is 20.5. The number of fused-ring (bicyclic) bond motifs is 5. The molecule has 1 heterocycles. The van der Waals surface area contributed by atoms with Crippen LogP contribution in [0.2, 0.25) is 0 Å². The third kappa shape index (κ3) is 1.99. The van der Waals surface area contributed by atoms with Crippen molar-refractivity contribution in [2.75, 3.05) is 0 Å². The molecule has 4 atom stereocenters. The maximum atomic E-state index is 12.3. The van der Waals surface area contributed by atoms with Gasteiger partial charge in [0.15, 0.2) is 0 Å². The molecule has 2 fully saturated rings. The van der Waals surface area contributed by atoms with E-state index in [0.29, 0.717) is 0 Å². The standard InChI is InChI=1S/C22H17NO2/c24-21-19-15-11-12-16(20(19)22(25)23-21)18(15)17(13-7-3-1-4-8-13)14-9-5-2-6-10-14/h1-12,15-16,19-20H,(H,23,24,25)/t15-,16-,19-,20+/m1/s1. The first-order valence-electron chi connectivity index (χ1n) is 8.63. The Balaban J connectivity index is 1.75. The lowest BCUT2D eigenvalue weighted by Gasteiger charge is -2.18. The van der Waals surface area contributed by atoms with Crippen molar-refractivity contribution >= 4 is 17.4 Å². The van der Waals surface area contributed by atoms with Crippen molar-refractivity contribution in [2.45, 2.75) is 0 Å². The minimum absolute atomic E-state index is 0.0110. The topological polar surface area (TPSA) is 46.2 Å². The van der Waals surface area contributed by atoms with Crippen LogP contribution < -0.4 is 5.32 Å². The van der Waals surface area contributed by atoms with Crippen LogP contribution >= 0.6 is 0 Å². The predicted octanol–water partition coefficient (Wildman–Crippen LogP) is 3.19. The van der Waals surface area contributed by atoms with Crippen molar-refractivity contribution in [3.8, 4) is 0 Å². The third-order valence-corrected chi connectivity index (χ3v) is 5.67. The second-order valence-corrected chi connectivity index (χ2v) is 6.90. The number of hydrogen-bond donors (Lipinski definition) is 1. The summed E-state index contributed by atoms with van der Waals surface area (Å²) in [5.74, 6) is -0.719. The summed E-state index contributed by atoms with van der Waals surface area (Å²) >= 11 is 0. The molecule has 2 aromatic rings. The molecule has 5 rings (SSSR count). The highest BCUT2D eigenvalue weighted by atomic mass is 16.2. The van der Waals surface area contributed by atoms with Crippen molar-refractivity contribution in [3.05, 3.63) is 89.5 Å². The van der Waals surface area contributed by atoms with Crippen molar-refractivity contribution in [1.29, 1.82) is 0 Å². The molecule has 25 heavy (non-hydrogen) atoms. The Morgan fingerprint density at radius 3 is 1.56 bits per heavy atom. The van der Waals surface area contributed by atoms with Gasteiger partial charge >= 0.3 is 0 Å². The molecule has 1 saturated heterocycles. The van der Waals surface area contributed by atoms with Gasteiger partial charge in [0.2, 0.25) is 11.8 Å². The van der Waals surface area contributed by atoms with Gasteiger partial charge in [-0.3, -0.25) is 14.9 Å². The maximum absolute atomic E-state index is 12.3. The second-order valence-electron chi connectivity index (χ2n) is 6.90. The first-order valence-corrected chi connectivity index (χ1v) is 8.63. The number of carbonyl (C=O) groups excluding carboxylic acids is 2. The van der Waals surface area contributed by atoms with Crippen molar-refractivity contribution in [3.63, 3.8) is 0 Å². The Morgan fingerprint density at radius 2 is 1.12 bits per heavy atom. The number of nitrogens with one attached hydrogen (secondary N) is 1. The van der Waals surface area contributed by atoms with E-state index in [2.05, 4.69) is 41.7 Å².